The van der Waals surface area contributed by atoms with Crippen LogP contribution in [-0.4, -0.2) is 25.8 Å². The number of nitrogens with one attached hydrogen (secondary N) is 1. The molecule has 1 saturated heterocycles. The minimum absolute atomic E-state index is 0.201. The van der Waals surface area contributed by atoms with Gasteiger partial charge >= 0.3 is 12.1 Å². The lowest BCUT2D eigenvalue weighted by Crippen LogP contribution is -2.17. The van der Waals surface area contributed by atoms with Gasteiger partial charge in [-0.25, -0.2) is 9.59 Å². The van der Waals surface area contributed by atoms with E-state index < -0.39 is 12.1 Å². The molecular weight excluding hydrogens is 214 g/mol. The second-order valence-corrected chi connectivity index (χ2v) is 3.41. The van der Waals surface area contributed by atoms with Crippen molar-refractivity contribution in [2.45, 2.75) is 13.0 Å². The molecule has 1 unspecified atom stereocenters. The third-order valence-electron chi connectivity index (χ3n) is 2.36. The van der Waals surface area contributed by atoms with Gasteiger partial charge in [0.05, 0.1) is 7.11 Å². The number of hydrogen-bond acceptors (Lipinski definition) is 5. The van der Waals surface area contributed by atoms with E-state index in [-0.39, 0.29) is 12.6 Å². The van der Waals surface area contributed by atoms with Crippen LogP contribution in [0.15, 0.2) is 10.5 Å². The number of hydrogen-bond donors (Lipinski definition) is 1. The molecule has 1 N–H and O–H groups in total. The Hall–Kier alpha value is -1.98. The van der Waals surface area contributed by atoms with Crippen LogP contribution in [0.25, 0.3) is 0 Å². The van der Waals surface area contributed by atoms with Gasteiger partial charge in [-0.1, -0.05) is 0 Å². The molecule has 1 fully saturated rings. The van der Waals surface area contributed by atoms with Crippen molar-refractivity contribution in [1.82, 2.24) is 5.32 Å². The average molecular weight is 225 g/mol. The highest BCUT2D eigenvalue weighted by Gasteiger charge is 2.28. The summed E-state index contributed by atoms with van der Waals surface area (Å²) in [5.41, 5.74) is 0.360. The third kappa shape index (κ3) is 1.73. The van der Waals surface area contributed by atoms with Gasteiger partial charge < -0.3 is 19.2 Å². The van der Waals surface area contributed by atoms with Crippen molar-refractivity contribution >= 4 is 12.1 Å². The minimum Gasteiger partial charge on any atom is -0.465 e. The molecular formula is C10H11NO5. The fraction of sp³-hybridized carbons (Fsp3) is 0.400. The van der Waals surface area contributed by atoms with Crippen molar-refractivity contribution in [1.29, 1.82) is 0 Å². The summed E-state index contributed by atoms with van der Waals surface area (Å²) in [6.45, 7) is 1.86. The molecule has 0 saturated carbocycles. The number of alkyl carbamates (subject to hydrolysis) is 1. The average Bonchev–Trinajstić information content (AvgIpc) is 2.83. The first-order valence-corrected chi connectivity index (χ1v) is 4.73. The van der Waals surface area contributed by atoms with Crippen LogP contribution >= 0.6 is 0 Å². The van der Waals surface area contributed by atoms with Gasteiger partial charge in [-0.3, -0.25) is 0 Å². The molecule has 1 aliphatic heterocycles. The van der Waals surface area contributed by atoms with Crippen molar-refractivity contribution in [3.05, 3.63) is 23.2 Å². The number of esters is 1. The van der Waals surface area contributed by atoms with E-state index in [1.54, 1.807) is 13.0 Å². The fourth-order valence-electron chi connectivity index (χ4n) is 1.53. The molecule has 1 amide bonds. The summed E-state index contributed by atoms with van der Waals surface area (Å²) >= 11 is 0. The van der Waals surface area contributed by atoms with Crippen LogP contribution in [0.2, 0.25) is 0 Å². The van der Waals surface area contributed by atoms with E-state index in [0.717, 1.165) is 0 Å². The zero-order valence-electron chi connectivity index (χ0n) is 8.90. The van der Waals surface area contributed by atoms with E-state index >= 15 is 0 Å². The molecule has 2 rings (SSSR count). The Kier molecular flexibility index (Phi) is 2.55. The number of rotatable bonds is 2. The van der Waals surface area contributed by atoms with Crippen molar-refractivity contribution in [2.24, 2.45) is 0 Å². The zero-order chi connectivity index (χ0) is 11.7. The molecule has 1 aliphatic rings. The molecule has 0 radical (unpaired) electrons. The predicted octanol–water partition coefficient (Wildman–Crippen LogP) is 1.16. The van der Waals surface area contributed by atoms with E-state index in [1.165, 1.54) is 7.11 Å². The maximum atomic E-state index is 11.3. The van der Waals surface area contributed by atoms with E-state index in [1.807, 2.05) is 0 Å². The highest BCUT2D eigenvalue weighted by atomic mass is 16.6. The van der Waals surface area contributed by atoms with Crippen molar-refractivity contribution in [3.8, 4) is 0 Å². The largest absolute Gasteiger partial charge is 0.465 e. The van der Waals surface area contributed by atoms with Gasteiger partial charge in [0.15, 0.2) is 0 Å². The van der Waals surface area contributed by atoms with Crippen molar-refractivity contribution < 1.29 is 23.5 Å². The lowest BCUT2D eigenvalue weighted by atomic mass is 10.2. The second kappa shape index (κ2) is 3.88. The minimum atomic E-state index is -0.487. The first-order valence-electron chi connectivity index (χ1n) is 4.73. The SMILES string of the molecule is COC(=O)c1cc(C2COC(=O)N2)oc1C. The Morgan fingerprint density at radius 3 is 2.94 bits per heavy atom. The molecule has 0 bridgehead atoms. The smallest absolute Gasteiger partial charge is 0.407 e. The Morgan fingerprint density at radius 1 is 1.62 bits per heavy atom. The molecule has 0 aromatic carbocycles. The van der Waals surface area contributed by atoms with Gasteiger partial charge in [0.25, 0.3) is 0 Å². The number of carbonyl (C=O) groups is 2. The quantitative estimate of drug-likeness (QED) is 0.764. The summed E-state index contributed by atoms with van der Waals surface area (Å²) in [5.74, 6) is 0.490. The highest BCUT2D eigenvalue weighted by molar-refractivity contribution is 5.90. The molecule has 16 heavy (non-hydrogen) atoms. The summed E-state index contributed by atoms with van der Waals surface area (Å²) < 4.78 is 14.7. The normalized spacial score (nSPS) is 19.1. The van der Waals surface area contributed by atoms with Crippen LogP contribution < -0.4 is 5.32 Å². The van der Waals surface area contributed by atoms with E-state index in [4.69, 9.17) is 9.15 Å². The van der Waals surface area contributed by atoms with Crippen molar-refractivity contribution in [2.75, 3.05) is 13.7 Å². The van der Waals surface area contributed by atoms with Crippen LogP contribution in [0.5, 0.6) is 0 Å². The standard InChI is InChI=1S/C10H11NO5/c1-5-6(9(12)14-2)3-8(16-5)7-4-15-10(13)11-7/h3,7H,4H2,1-2H3,(H,11,13). The Labute approximate surface area is 91.5 Å². The monoisotopic (exact) mass is 225 g/mol. The number of aryl methyl sites for hydroxylation is 1. The molecule has 1 aromatic rings. The van der Waals surface area contributed by atoms with Crippen molar-refractivity contribution in [3.63, 3.8) is 0 Å². The number of carbonyl (C=O) groups excluding carboxylic acids is 2. The highest BCUT2D eigenvalue weighted by Crippen LogP contribution is 2.24. The summed E-state index contributed by atoms with van der Waals surface area (Å²) in [5, 5.41) is 2.56. The molecule has 6 heteroatoms. The fourth-order valence-corrected chi connectivity index (χ4v) is 1.53. The summed E-state index contributed by atoms with van der Waals surface area (Å²) in [6.07, 6.45) is -0.487. The lowest BCUT2D eigenvalue weighted by molar-refractivity contribution is 0.0598. The molecule has 0 aliphatic carbocycles. The molecule has 86 valence electrons. The van der Waals surface area contributed by atoms with Gasteiger partial charge in [-0.15, -0.1) is 0 Å². The van der Waals surface area contributed by atoms with E-state index in [0.29, 0.717) is 17.1 Å². The molecule has 1 atom stereocenters. The van der Waals surface area contributed by atoms with Gasteiger partial charge in [0.1, 0.15) is 29.7 Å². The second-order valence-electron chi connectivity index (χ2n) is 3.41. The van der Waals surface area contributed by atoms with Gasteiger partial charge in [0.2, 0.25) is 0 Å². The topological polar surface area (TPSA) is 77.8 Å². The lowest BCUT2D eigenvalue weighted by Gasteiger charge is -2.00. The van der Waals surface area contributed by atoms with Gasteiger partial charge in [-0.2, -0.15) is 0 Å². The zero-order valence-corrected chi connectivity index (χ0v) is 8.90. The first kappa shape index (κ1) is 10.5. The van der Waals surface area contributed by atoms with Crippen LogP contribution in [0, 0.1) is 6.92 Å². The Bertz CT molecular complexity index is 436. The van der Waals surface area contributed by atoms with Crippen LogP contribution in [0.4, 0.5) is 4.79 Å². The van der Waals surface area contributed by atoms with Gasteiger partial charge in [0, 0.05) is 0 Å². The predicted molar refractivity (Wildman–Crippen MR) is 52.0 cm³/mol. The first-order chi connectivity index (χ1) is 7.61. The molecule has 2 heterocycles. The summed E-state index contributed by atoms with van der Waals surface area (Å²) in [7, 11) is 1.30. The Morgan fingerprint density at radius 2 is 2.38 bits per heavy atom. The van der Waals surface area contributed by atoms with Crippen LogP contribution in [0.3, 0.4) is 0 Å². The van der Waals surface area contributed by atoms with Crippen LogP contribution in [-0.2, 0) is 9.47 Å². The summed E-state index contributed by atoms with van der Waals surface area (Å²) in [6, 6.07) is 1.21. The number of cyclic esters (lactones) is 1. The maximum absolute atomic E-state index is 11.3. The number of ether oxygens (including phenoxy) is 2. The molecule has 0 spiro atoms. The molecule has 1 aromatic heterocycles. The van der Waals surface area contributed by atoms with E-state index in [9.17, 15) is 9.59 Å². The number of furan rings is 1. The molecule has 6 nitrogen and oxygen atoms in total. The number of methoxy groups -OCH3 is 1. The number of amides is 1. The third-order valence-corrected chi connectivity index (χ3v) is 2.36. The maximum Gasteiger partial charge on any atom is 0.407 e. The van der Waals surface area contributed by atoms with E-state index in [2.05, 4.69) is 10.1 Å². The Balaban J connectivity index is 2.24. The van der Waals surface area contributed by atoms with Gasteiger partial charge in [-0.05, 0) is 13.0 Å². The van der Waals surface area contributed by atoms with Crippen LogP contribution in [0.1, 0.15) is 27.9 Å². The summed E-state index contributed by atoms with van der Waals surface area (Å²) in [4.78, 5) is 22.2.